The summed E-state index contributed by atoms with van der Waals surface area (Å²) in [5, 5.41) is 2.56. The van der Waals surface area contributed by atoms with Gasteiger partial charge in [-0.05, 0) is 19.1 Å². The smallest absolute Gasteiger partial charge is 0.258 e. The monoisotopic (exact) mass is 223 g/mol. The molecule has 1 amide bonds. The molecule has 1 aromatic carbocycles. The minimum Gasteiger partial charge on any atom is -0.496 e. The number of nitrogens with one attached hydrogen (secondary N) is 1. The van der Waals surface area contributed by atoms with Gasteiger partial charge < -0.3 is 10.1 Å². The third kappa shape index (κ3) is 2.82. The SMILES string of the molecule is C=C(C)CNC(=O)c1c(F)cccc1OC. The Morgan fingerprint density at radius 2 is 2.25 bits per heavy atom. The molecule has 86 valence electrons. The summed E-state index contributed by atoms with van der Waals surface area (Å²) in [4.78, 5) is 11.7. The molecule has 0 spiro atoms. The lowest BCUT2D eigenvalue weighted by atomic mass is 10.1. The predicted molar refractivity (Wildman–Crippen MR) is 60.1 cm³/mol. The molecule has 4 heteroatoms. The summed E-state index contributed by atoms with van der Waals surface area (Å²) in [6.45, 7) is 5.74. The standard InChI is InChI=1S/C12H14FNO2/c1-8(2)7-14-12(15)11-9(13)5-4-6-10(11)16-3/h4-6H,1,7H2,2-3H3,(H,14,15). The van der Waals surface area contributed by atoms with Crippen molar-refractivity contribution in [2.45, 2.75) is 6.92 Å². The molecule has 1 N–H and O–H groups in total. The Balaban J connectivity index is 2.93. The zero-order valence-corrected chi connectivity index (χ0v) is 9.34. The van der Waals surface area contributed by atoms with Gasteiger partial charge in [-0.2, -0.15) is 0 Å². The van der Waals surface area contributed by atoms with E-state index in [1.54, 1.807) is 13.0 Å². The van der Waals surface area contributed by atoms with Crippen molar-refractivity contribution in [2.24, 2.45) is 0 Å². The van der Waals surface area contributed by atoms with E-state index in [4.69, 9.17) is 4.74 Å². The van der Waals surface area contributed by atoms with Gasteiger partial charge in [-0.25, -0.2) is 4.39 Å². The first-order chi connectivity index (χ1) is 7.56. The molecule has 16 heavy (non-hydrogen) atoms. The molecule has 1 rings (SSSR count). The zero-order chi connectivity index (χ0) is 12.1. The molecule has 0 aliphatic carbocycles. The average molecular weight is 223 g/mol. The fraction of sp³-hybridized carbons (Fsp3) is 0.250. The van der Waals surface area contributed by atoms with E-state index in [2.05, 4.69) is 11.9 Å². The minimum absolute atomic E-state index is 0.0775. The fourth-order valence-corrected chi connectivity index (χ4v) is 1.21. The van der Waals surface area contributed by atoms with E-state index in [9.17, 15) is 9.18 Å². The maximum atomic E-state index is 13.4. The third-order valence-corrected chi connectivity index (χ3v) is 1.97. The number of carbonyl (C=O) groups is 1. The van der Waals surface area contributed by atoms with Crippen LogP contribution in [0.2, 0.25) is 0 Å². The van der Waals surface area contributed by atoms with E-state index < -0.39 is 11.7 Å². The molecule has 0 saturated carbocycles. The molecule has 0 fully saturated rings. The Morgan fingerprint density at radius 3 is 2.81 bits per heavy atom. The molecule has 3 nitrogen and oxygen atoms in total. The maximum absolute atomic E-state index is 13.4. The minimum atomic E-state index is -0.599. The number of benzene rings is 1. The van der Waals surface area contributed by atoms with Crippen molar-refractivity contribution < 1.29 is 13.9 Å². The van der Waals surface area contributed by atoms with Gasteiger partial charge in [0.15, 0.2) is 0 Å². The van der Waals surface area contributed by atoms with Gasteiger partial charge in [-0.15, -0.1) is 0 Å². The number of halogens is 1. The van der Waals surface area contributed by atoms with Crippen LogP contribution in [0.15, 0.2) is 30.4 Å². The molecule has 0 aliphatic rings. The van der Waals surface area contributed by atoms with E-state index >= 15 is 0 Å². The van der Waals surface area contributed by atoms with Gasteiger partial charge in [-0.3, -0.25) is 4.79 Å². The number of hydrogen-bond acceptors (Lipinski definition) is 2. The van der Waals surface area contributed by atoms with E-state index in [-0.39, 0.29) is 11.3 Å². The van der Waals surface area contributed by atoms with Gasteiger partial charge in [0.05, 0.1) is 7.11 Å². The highest BCUT2D eigenvalue weighted by atomic mass is 19.1. The Hall–Kier alpha value is -1.84. The predicted octanol–water partition coefficient (Wildman–Crippen LogP) is 2.14. The molecule has 0 aromatic heterocycles. The summed E-state index contributed by atoms with van der Waals surface area (Å²) in [5.74, 6) is -0.879. The molecular formula is C12H14FNO2. The molecule has 1 aromatic rings. The largest absolute Gasteiger partial charge is 0.496 e. The Bertz CT molecular complexity index is 415. The van der Waals surface area contributed by atoms with Crippen molar-refractivity contribution in [1.29, 1.82) is 0 Å². The number of hydrogen-bond donors (Lipinski definition) is 1. The van der Waals surface area contributed by atoms with Gasteiger partial charge in [-0.1, -0.05) is 18.2 Å². The molecule has 0 heterocycles. The van der Waals surface area contributed by atoms with Gasteiger partial charge in [0, 0.05) is 6.54 Å². The zero-order valence-electron chi connectivity index (χ0n) is 9.34. The van der Waals surface area contributed by atoms with Crippen molar-refractivity contribution in [1.82, 2.24) is 5.32 Å². The second-order valence-electron chi connectivity index (χ2n) is 3.46. The van der Waals surface area contributed by atoms with Crippen LogP contribution in [0.4, 0.5) is 4.39 Å². The van der Waals surface area contributed by atoms with Crippen LogP contribution in [-0.4, -0.2) is 19.6 Å². The van der Waals surface area contributed by atoms with Gasteiger partial charge >= 0.3 is 0 Å². The summed E-state index contributed by atoms with van der Waals surface area (Å²) in [6, 6.07) is 4.25. The van der Waals surface area contributed by atoms with E-state index in [1.165, 1.54) is 19.2 Å². The summed E-state index contributed by atoms with van der Waals surface area (Å²) >= 11 is 0. The fourth-order valence-electron chi connectivity index (χ4n) is 1.21. The second-order valence-corrected chi connectivity index (χ2v) is 3.46. The quantitative estimate of drug-likeness (QED) is 0.794. The van der Waals surface area contributed by atoms with Crippen LogP contribution < -0.4 is 10.1 Å². The molecule has 0 bridgehead atoms. The van der Waals surface area contributed by atoms with Crippen molar-refractivity contribution >= 4 is 5.91 Å². The lowest BCUT2D eigenvalue weighted by molar-refractivity contribution is 0.0949. The van der Waals surface area contributed by atoms with Gasteiger partial charge in [0.2, 0.25) is 0 Å². The van der Waals surface area contributed by atoms with Crippen molar-refractivity contribution in [3.8, 4) is 5.75 Å². The van der Waals surface area contributed by atoms with Crippen molar-refractivity contribution in [2.75, 3.05) is 13.7 Å². The molecule has 0 atom stereocenters. The van der Waals surface area contributed by atoms with Crippen LogP contribution in [0, 0.1) is 5.82 Å². The normalized spacial score (nSPS) is 9.69. The van der Waals surface area contributed by atoms with E-state index in [0.717, 1.165) is 5.57 Å². The Morgan fingerprint density at radius 1 is 1.56 bits per heavy atom. The molecular weight excluding hydrogens is 209 g/mol. The molecule has 0 aliphatic heterocycles. The first-order valence-electron chi connectivity index (χ1n) is 4.81. The van der Waals surface area contributed by atoms with E-state index in [0.29, 0.717) is 6.54 Å². The van der Waals surface area contributed by atoms with Gasteiger partial charge in [0.25, 0.3) is 5.91 Å². The number of methoxy groups -OCH3 is 1. The summed E-state index contributed by atoms with van der Waals surface area (Å²) < 4.78 is 18.4. The highest BCUT2D eigenvalue weighted by Crippen LogP contribution is 2.20. The lowest BCUT2D eigenvalue weighted by Gasteiger charge is -2.09. The summed E-state index contributed by atoms with van der Waals surface area (Å²) in [7, 11) is 1.39. The number of ether oxygens (including phenoxy) is 1. The number of carbonyl (C=O) groups excluding carboxylic acids is 1. The highest BCUT2D eigenvalue weighted by Gasteiger charge is 2.16. The van der Waals surface area contributed by atoms with Crippen LogP contribution >= 0.6 is 0 Å². The van der Waals surface area contributed by atoms with Crippen LogP contribution in [-0.2, 0) is 0 Å². The average Bonchev–Trinajstić information content (AvgIpc) is 2.25. The van der Waals surface area contributed by atoms with Gasteiger partial charge in [0.1, 0.15) is 17.1 Å². The number of amides is 1. The Kier molecular flexibility index (Phi) is 4.05. The lowest BCUT2D eigenvalue weighted by Crippen LogP contribution is -2.26. The van der Waals surface area contributed by atoms with Crippen LogP contribution in [0.3, 0.4) is 0 Å². The van der Waals surface area contributed by atoms with Crippen LogP contribution in [0.1, 0.15) is 17.3 Å². The van der Waals surface area contributed by atoms with Crippen molar-refractivity contribution in [3.63, 3.8) is 0 Å². The van der Waals surface area contributed by atoms with Crippen LogP contribution in [0.5, 0.6) is 5.75 Å². The first kappa shape index (κ1) is 12.2. The number of rotatable bonds is 4. The molecule has 0 unspecified atom stereocenters. The summed E-state index contributed by atoms with van der Waals surface area (Å²) in [6.07, 6.45) is 0. The van der Waals surface area contributed by atoms with Crippen molar-refractivity contribution in [3.05, 3.63) is 41.7 Å². The highest BCUT2D eigenvalue weighted by molar-refractivity contribution is 5.97. The molecule has 0 radical (unpaired) electrons. The topological polar surface area (TPSA) is 38.3 Å². The van der Waals surface area contributed by atoms with Crippen LogP contribution in [0.25, 0.3) is 0 Å². The van der Waals surface area contributed by atoms with E-state index in [1.807, 2.05) is 0 Å². The second kappa shape index (κ2) is 5.30. The molecule has 0 saturated heterocycles. The first-order valence-corrected chi connectivity index (χ1v) is 4.81. The maximum Gasteiger partial charge on any atom is 0.258 e. The summed E-state index contributed by atoms with van der Waals surface area (Å²) in [5.41, 5.74) is 0.718. The third-order valence-electron chi connectivity index (χ3n) is 1.97. The Labute approximate surface area is 93.9 Å².